The number of ether oxygens (including phenoxy) is 1. The van der Waals surface area contributed by atoms with Crippen LogP contribution in [-0.2, 0) is 6.18 Å². The summed E-state index contributed by atoms with van der Waals surface area (Å²) in [5.74, 6) is -1.64. The lowest BCUT2D eigenvalue weighted by Crippen LogP contribution is -2.41. The predicted molar refractivity (Wildman–Crippen MR) is 65.3 cm³/mol. The van der Waals surface area contributed by atoms with Crippen LogP contribution in [0.1, 0.15) is 18.7 Å². The lowest BCUT2D eigenvalue weighted by molar-refractivity contribution is -0.145. The van der Waals surface area contributed by atoms with Gasteiger partial charge in [-0.2, -0.15) is 18.2 Å². The number of hydrogen-bond donors (Lipinski definition) is 1. The van der Waals surface area contributed by atoms with Crippen molar-refractivity contribution in [2.24, 2.45) is 0 Å². The highest BCUT2D eigenvalue weighted by atomic mass is 35.5. The van der Waals surface area contributed by atoms with Crippen molar-refractivity contribution >= 4 is 17.7 Å². The lowest BCUT2D eigenvalue weighted by Gasteiger charge is -2.29. The van der Waals surface area contributed by atoms with Crippen LogP contribution in [0.3, 0.4) is 0 Å². The Morgan fingerprint density at radius 3 is 2.52 bits per heavy atom. The number of alkyl halides is 3. The Balaban J connectivity index is 2.04. The van der Waals surface area contributed by atoms with Gasteiger partial charge in [0.05, 0.1) is 0 Å². The third-order valence-corrected chi connectivity index (χ3v) is 3.12. The van der Waals surface area contributed by atoms with E-state index in [1.54, 1.807) is 0 Å². The number of rotatable bonds is 2. The van der Waals surface area contributed by atoms with Crippen molar-refractivity contribution in [2.45, 2.75) is 25.1 Å². The second-order valence-corrected chi connectivity index (χ2v) is 4.82. The molecule has 0 bridgehead atoms. The third-order valence-electron chi connectivity index (χ3n) is 2.92. The molecule has 0 atom stereocenters. The van der Waals surface area contributed by atoms with Gasteiger partial charge in [0.2, 0.25) is 11.7 Å². The molecule has 1 aliphatic rings. The molecule has 0 unspecified atom stereocenters. The van der Waals surface area contributed by atoms with Gasteiger partial charge in [-0.25, -0.2) is 9.78 Å². The van der Waals surface area contributed by atoms with E-state index in [-0.39, 0.29) is 24.1 Å². The summed E-state index contributed by atoms with van der Waals surface area (Å²) in [6.45, 7) is 0.510. The number of likely N-dealkylation sites (tertiary alicyclic amines) is 1. The predicted octanol–water partition coefficient (Wildman–Crippen LogP) is 2.67. The molecule has 1 aromatic rings. The van der Waals surface area contributed by atoms with Crippen LogP contribution >= 0.6 is 11.6 Å². The van der Waals surface area contributed by atoms with Crippen molar-refractivity contribution in [3.05, 3.63) is 17.0 Å². The standard InChI is InChI=1S/C11H11ClF3N3O3/c12-7-5-8(17-9(16-7)11(13,14)15)21-6-1-3-18(4-2-6)10(19)20/h5-6H,1-4H2,(H,19,20). The maximum Gasteiger partial charge on any atom is 0.451 e. The van der Waals surface area contributed by atoms with E-state index in [2.05, 4.69) is 9.97 Å². The maximum atomic E-state index is 12.6. The highest BCUT2D eigenvalue weighted by Gasteiger charge is 2.36. The highest BCUT2D eigenvalue weighted by molar-refractivity contribution is 6.29. The molecule has 116 valence electrons. The molecule has 21 heavy (non-hydrogen) atoms. The molecule has 0 saturated carbocycles. The van der Waals surface area contributed by atoms with E-state index in [0.717, 1.165) is 6.07 Å². The van der Waals surface area contributed by atoms with Crippen LogP contribution in [0.2, 0.25) is 5.15 Å². The van der Waals surface area contributed by atoms with Gasteiger partial charge in [-0.1, -0.05) is 11.6 Å². The van der Waals surface area contributed by atoms with Crippen molar-refractivity contribution in [1.82, 2.24) is 14.9 Å². The van der Waals surface area contributed by atoms with Gasteiger partial charge in [0.15, 0.2) is 0 Å². The Morgan fingerprint density at radius 2 is 2.00 bits per heavy atom. The SMILES string of the molecule is O=C(O)N1CCC(Oc2cc(Cl)nc(C(F)(F)F)n2)CC1. The van der Waals surface area contributed by atoms with Crippen molar-refractivity contribution in [3.63, 3.8) is 0 Å². The monoisotopic (exact) mass is 325 g/mol. The average molecular weight is 326 g/mol. The fourth-order valence-electron chi connectivity index (χ4n) is 1.92. The second-order valence-electron chi connectivity index (χ2n) is 4.44. The summed E-state index contributed by atoms with van der Waals surface area (Å²) in [5, 5.41) is 8.43. The number of hydrogen-bond acceptors (Lipinski definition) is 4. The van der Waals surface area contributed by atoms with Gasteiger partial charge >= 0.3 is 12.3 Å². The van der Waals surface area contributed by atoms with Gasteiger partial charge < -0.3 is 14.7 Å². The Morgan fingerprint density at radius 1 is 1.38 bits per heavy atom. The fourth-order valence-corrected chi connectivity index (χ4v) is 2.09. The van der Waals surface area contributed by atoms with Gasteiger partial charge in [0.25, 0.3) is 0 Å². The maximum absolute atomic E-state index is 12.6. The number of nitrogens with zero attached hydrogens (tertiary/aromatic N) is 3. The Labute approximate surface area is 122 Å². The summed E-state index contributed by atoms with van der Waals surface area (Å²) in [4.78, 5) is 18.3. The third kappa shape index (κ3) is 4.10. The molecule has 1 aromatic heterocycles. The molecule has 1 aliphatic heterocycles. The van der Waals surface area contributed by atoms with E-state index in [1.807, 2.05) is 0 Å². The van der Waals surface area contributed by atoms with Crippen LogP contribution in [0.15, 0.2) is 6.07 Å². The van der Waals surface area contributed by atoms with E-state index in [1.165, 1.54) is 4.90 Å². The number of piperidine rings is 1. The van der Waals surface area contributed by atoms with Crippen LogP contribution in [-0.4, -0.2) is 45.3 Å². The number of aromatic nitrogens is 2. The first-order chi connectivity index (χ1) is 9.75. The molecule has 0 aromatic carbocycles. The first-order valence-electron chi connectivity index (χ1n) is 6.02. The molecule has 6 nitrogen and oxygen atoms in total. The summed E-state index contributed by atoms with van der Waals surface area (Å²) in [7, 11) is 0. The van der Waals surface area contributed by atoms with Crippen LogP contribution < -0.4 is 4.74 Å². The van der Waals surface area contributed by atoms with E-state index >= 15 is 0 Å². The van der Waals surface area contributed by atoms with Gasteiger partial charge in [-0.3, -0.25) is 0 Å². The smallest absolute Gasteiger partial charge is 0.451 e. The summed E-state index contributed by atoms with van der Waals surface area (Å²) >= 11 is 5.52. The summed E-state index contributed by atoms with van der Waals surface area (Å²) < 4.78 is 43.0. The zero-order valence-electron chi connectivity index (χ0n) is 10.6. The molecule has 1 saturated heterocycles. The average Bonchev–Trinajstić information content (AvgIpc) is 2.37. The molecular formula is C11H11ClF3N3O3. The first kappa shape index (κ1) is 15.6. The lowest BCUT2D eigenvalue weighted by atomic mass is 10.1. The molecule has 0 radical (unpaired) electrons. The van der Waals surface area contributed by atoms with E-state index in [9.17, 15) is 18.0 Å². The zero-order valence-corrected chi connectivity index (χ0v) is 11.4. The summed E-state index contributed by atoms with van der Waals surface area (Å²) in [5.41, 5.74) is 0. The van der Waals surface area contributed by atoms with Crippen molar-refractivity contribution in [3.8, 4) is 5.88 Å². The number of carbonyl (C=O) groups is 1. The zero-order chi connectivity index (χ0) is 15.6. The minimum Gasteiger partial charge on any atom is -0.474 e. The Kier molecular flexibility index (Phi) is 4.40. The van der Waals surface area contributed by atoms with Gasteiger partial charge in [-0.15, -0.1) is 0 Å². The Bertz CT molecular complexity index is 533. The van der Waals surface area contributed by atoms with Crippen molar-refractivity contribution in [2.75, 3.05) is 13.1 Å². The molecular weight excluding hydrogens is 315 g/mol. The Hall–Kier alpha value is -1.77. The molecule has 1 fully saturated rings. The molecule has 0 aliphatic carbocycles. The van der Waals surface area contributed by atoms with Gasteiger partial charge in [0, 0.05) is 32.0 Å². The normalized spacial score (nSPS) is 16.9. The van der Waals surface area contributed by atoms with Crippen molar-refractivity contribution in [1.29, 1.82) is 0 Å². The van der Waals surface area contributed by atoms with E-state index in [4.69, 9.17) is 21.4 Å². The quantitative estimate of drug-likeness (QED) is 0.846. The minimum absolute atomic E-state index is 0.255. The van der Waals surface area contributed by atoms with Crippen molar-refractivity contribution < 1.29 is 27.8 Å². The molecule has 0 spiro atoms. The van der Waals surface area contributed by atoms with Gasteiger partial charge in [0.1, 0.15) is 11.3 Å². The molecule has 10 heteroatoms. The van der Waals surface area contributed by atoms with E-state index in [0.29, 0.717) is 12.8 Å². The fraction of sp³-hybridized carbons (Fsp3) is 0.545. The topological polar surface area (TPSA) is 75.5 Å². The molecule has 2 heterocycles. The minimum atomic E-state index is -4.71. The number of carboxylic acid groups (broad SMARTS) is 1. The second kappa shape index (κ2) is 5.92. The number of amides is 1. The molecule has 2 rings (SSSR count). The van der Waals surface area contributed by atoms with Crippen LogP contribution in [0, 0.1) is 0 Å². The molecule has 1 N–H and O–H groups in total. The number of halogens is 4. The van der Waals surface area contributed by atoms with Gasteiger partial charge in [-0.05, 0) is 0 Å². The highest BCUT2D eigenvalue weighted by Crippen LogP contribution is 2.29. The van der Waals surface area contributed by atoms with Crippen LogP contribution in [0.25, 0.3) is 0 Å². The van der Waals surface area contributed by atoms with E-state index < -0.39 is 24.2 Å². The first-order valence-corrected chi connectivity index (χ1v) is 6.40. The molecule has 1 amide bonds. The van der Waals surface area contributed by atoms with Crippen LogP contribution in [0.4, 0.5) is 18.0 Å². The summed E-state index contributed by atoms with van der Waals surface area (Å²) in [6, 6.07) is 1.10. The summed E-state index contributed by atoms with van der Waals surface area (Å²) in [6.07, 6.45) is -5.41. The van der Waals surface area contributed by atoms with Crippen LogP contribution in [0.5, 0.6) is 5.88 Å². The largest absolute Gasteiger partial charge is 0.474 e.